The lowest BCUT2D eigenvalue weighted by Crippen LogP contribution is -2.44. The summed E-state index contributed by atoms with van der Waals surface area (Å²) in [6, 6.07) is 28.6. The van der Waals surface area contributed by atoms with Gasteiger partial charge < -0.3 is 4.74 Å². The molecular weight excluding hydrogens is 416 g/mol. The van der Waals surface area contributed by atoms with E-state index in [4.69, 9.17) is 4.74 Å². The van der Waals surface area contributed by atoms with Gasteiger partial charge in [0.2, 0.25) is 11.8 Å². The predicted octanol–water partition coefficient (Wildman–Crippen LogP) is 3.92. The summed E-state index contributed by atoms with van der Waals surface area (Å²) >= 11 is 0. The van der Waals surface area contributed by atoms with Crippen LogP contribution in [-0.4, -0.2) is 24.4 Å². The molecule has 0 unspecified atom stereocenters. The summed E-state index contributed by atoms with van der Waals surface area (Å²) in [7, 11) is 0. The fourth-order valence-electron chi connectivity index (χ4n) is 3.45. The maximum Gasteiger partial charge on any atom is 0.306 e. The van der Waals surface area contributed by atoms with Gasteiger partial charge in [0.1, 0.15) is 0 Å². The summed E-state index contributed by atoms with van der Waals surface area (Å²) in [5, 5.41) is 0. The quantitative estimate of drug-likeness (QED) is 0.282. The van der Waals surface area contributed by atoms with Gasteiger partial charge in [-0.25, -0.2) is 0 Å². The molecule has 0 heterocycles. The van der Waals surface area contributed by atoms with Gasteiger partial charge in [-0.15, -0.1) is 0 Å². The van der Waals surface area contributed by atoms with Crippen LogP contribution in [0.3, 0.4) is 0 Å². The number of ether oxygens (including phenoxy) is 1. The molecule has 0 aliphatic carbocycles. The van der Waals surface area contributed by atoms with Crippen LogP contribution in [0.5, 0.6) is 0 Å². The molecular formula is C27H28N2O4. The molecule has 6 heteroatoms. The van der Waals surface area contributed by atoms with Gasteiger partial charge in [-0.3, -0.25) is 25.2 Å². The minimum absolute atomic E-state index is 0.0478. The molecule has 2 N–H and O–H groups in total. The van der Waals surface area contributed by atoms with E-state index in [1.54, 1.807) is 0 Å². The number of carbonyl (C=O) groups excluding carboxylic acids is 3. The van der Waals surface area contributed by atoms with E-state index < -0.39 is 17.8 Å². The van der Waals surface area contributed by atoms with Crippen molar-refractivity contribution in [3.8, 4) is 0 Å². The number of hydrogen-bond donors (Lipinski definition) is 2. The highest BCUT2D eigenvalue weighted by Gasteiger charge is 2.23. The minimum atomic E-state index is -0.567. The zero-order valence-corrected chi connectivity index (χ0v) is 18.4. The maximum absolute atomic E-state index is 12.9. The van der Waals surface area contributed by atoms with Crippen molar-refractivity contribution in [1.82, 2.24) is 10.9 Å². The Morgan fingerprint density at radius 1 is 0.697 bits per heavy atom. The lowest BCUT2D eigenvalue weighted by Gasteiger charge is -2.18. The summed E-state index contributed by atoms with van der Waals surface area (Å²) in [6.07, 6.45) is 1.43. The maximum atomic E-state index is 12.9. The number of aryl methyl sites for hydroxylation is 1. The molecule has 0 aliphatic heterocycles. The second-order valence-electron chi connectivity index (χ2n) is 7.60. The third kappa shape index (κ3) is 7.92. The number of hydrazine groups is 1. The van der Waals surface area contributed by atoms with E-state index >= 15 is 0 Å². The van der Waals surface area contributed by atoms with Crippen LogP contribution >= 0.6 is 0 Å². The van der Waals surface area contributed by atoms with Crippen molar-refractivity contribution < 1.29 is 19.1 Å². The van der Waals surface area contributed by atoms with E-state index in [1.165, 1.54) is 5.56 Å². The lowest BCUT2D eigenvalue weighted by molar-refractivity contribution is -0.145. The molecule has 3 rings (SSSR count). The van der Waals surface area contributed by atoms with E-state index in [1.807, 2.05) is 91.0 Å². The Labute approximate surface area is 193 Å². The highest BCUT2D eigenvalue weighted by atomic mass is 16.5. The molecule has 0 spiro atoms. The van der Waals surface area contributed by atoms with Crippen LogP contribution in [-0.2, 0) is 25.5 Å². The zero-order valence-electron chi connectivity index (χ0n) is 18.4. The van der Waals surface area contributed by atoms with Crippen LogP contribution in [0.2, 0.25) is 0 Å². The monoisotopic (exact) mass is 444 g/mol. The first kappa shape index (κ1) is 23.7. The van der Waals surface area contributed by atoms with Gasteiger partial charge in [0.05, 0.1) is 18.9 Å². The number of benzene rings is 3. The highest BCUT2D eigenvalue weighted by molar-refractivity contribution is 5.89. The van der Waals surface area contributed by atoms with E-state index in [-0.39, 0.29) is 18.7 Å². The summed E-state index contributed by atoms with van der Waals surface area (Å²) in [6.45, 7) is 0.307. The fourth-order valence-corrected chi connectivity index (χ4v) is 3.45. The molecule has 0 saturated carbocycles. The topological polar surface area (TPSA) is 84.5 Å². The van der Waals surface area contributed by atoms with Gasteiger partial charge in [-0.05, 0) is 29.5 Å². The van der Waals surface area contributed by atoms with Crippen LogP contribution in [0, 0.1) is 0 Å². The first-order chi connectivity index (χ1) is 16.1. The largest absolute Gasteiger partial charge is 0.466 e. The van der Waals surface area contributed by atoms with Gasteiger partial charge in [-0.2, -0.15) is 0 Å². The first-order valence-electron chi connectivity index (χ1n) is 11.0. The van der Waals surface area contributed by atoms with E-state index in [9.17, 15) is 14.4 Å². The second kappa shape index (κ2) is 12.8. The SMILES string of the molecule is O=C(CCC(=O)OCCCc1ccccc1)NNC(=O)C(c1ccccc1)c1ccccc1. The Bertz CT molecular complexity index is 984. The van der Waals surface area contributed by atoms with Gasteiger partial charge >= 0.3 is 5.97 Å². The Hall–Kier alpha value is -3.93. The summed E-state index contributed by atoms with van der Waals surface area (Å²) in [5.74, 6) is -1.81. The van der Waals surface area contributed by atoms with Crippen LogP contribution in [0.1, 0.15) is 41.9 Å². The van der Waals surface area contributed by atoms with Gasteiger partial charge in [0.25, 0.3) is 0 Å². The smallest absolute Gasteiger partial charge is 0.306 e. The van der Waals surface area contributed by atoms with Gasteiger partial charge in [-0.1, -0.05) is 91.0 Å². The molecule has 0 saturated heterocycles. The Kier molecular flexibility index (Phi) is 9.21. The molecule has 0 bridgehead atoms. The Morgan fingerprint density at radius 2 is 1.24 bits per heavy atom. The first-order valence-corrected chi connectivity index (χ1v) is 11.0. The molecule has 2 amide bonds. The molecule has 170 valence electrons. The van der Waals surface area contributed by atoms with Crippen LogP contribution < -0.4 is 10.9 Å². The third-order valence-electron chi connectivity index (χ3n) is 5.12. The van der Waals surface area contributed by atoms with Gasteiger partial charge in [0.15, 0.2) is 0 Å². The van der Waals surface area contributed by atoms with E-state index in [0.29, 0.717) is 6.61 Å². The van der Waals surface area contributed by atoms with Crippen molar-refractivity contribution in [2.75, 3.05) is 6.61 Å². The predicted molar refractivity (Wildman–Crippen MR) is 126 cm³/mol. The molecule has 0 radical (unpaired) electrons. The summed E-state index contributed by atoms with van der Waals surface area (Å²) < 4.78 is 5.19. The lowest BCUT2D eigenvalue weighted by atomic mass is 9.91. The number of hydrogen-bond acceptors (Lipinski definition) is 4. The number of nitrogens with one attached hydrogen (secondary N) is 2. The molecule has 3 aromatic rings. The Morgan fingerprint density at radius 3 is 1.82 bits per heavy atom. The van der Waals surface area contributed by atoms with Crippen LogP contribution in [0.25, 0.3) is 0 Å². The zero-order chi connectivity index (χ0) is 23.3. The molecule has 0 atom stereocenters. The van der Waals surface area contributed by atoms with Crippen molar-refractivity contribution in [3.63, 3.8) is 0 Å². The minimum Gasteiger partial charge on any atom is -0.466 e. The van der Waals surface area contributed by atoms with Crippen molar-refractivity contribution in [1.29, 1.82) is 0 Å². The van der Waals surface area contributed by atoms with Crippen molar-refractivity contribution >= 4 is 17.8 Å². The molecule has 6 nitrogen and oxygen atoms in total. The van der Waals surface area contributed by atoms with E-state index in [2.05, 4.69) is 10.9 Å². The molecule has 33 heavy (non-hydrogen) atoms. The number of esters is 1. The molecule has 0 fully saturated rings. The van der Waals surface area contributed by atoms with E-state index in [0.717, 1.165) is 24.0 Å². The average molecular weight is 445 g/mol. The third-order valence-corrected chi connectivity index (χ3v) is 5.12. The fraction of sp³-hybridized carbons (Fsp3) is 0.222. The standard InChI is InChI=1S/C27H28N2O4/c30-24(18-19-25(31)33-20-10-13-21-11-4-1-5-12-21)28-29-27(32)26(22-14-6-2-7-15-22)23-16-8-3-9-17-23/h1-9,11-12,14-17,26H,10,13,18-20H2,(H,28,30)(H,29,32). The van der Waals surface area contributed by atoms with Crippen molar-refractivity contribution in [2.24, 2.45) is 0 Å². The highest BCUT2D eigenvalue weighted by Crippen LogP contribution is 2.24. The van der Waals surface area contributed by atoms with Gasteiger partial charge in [0, 0.05) is 6.42 Å². The van der Waals surface area contributed by atoms with Crippen molar-refractivity contribution in [3.05, 3.63) is 108 Å². The number of amides is 2. The second-order valence-corrected chi connectivity index (χ2v) is 7.60. The molecule has 0 aliphatic rings. The summed E-state index contributed by atoms with van der Waals surface area (Å²) in [5.41, 5.74) is 7.70. The average Bonchev–Trinajstić information content (AvgIpc) is 2.86. The normalized spacial score (nSPS) is 10.5. The Balaban J connectivity index is 1.40. The van der Waals surface area contributed by atoms with Crippen molar-refractivity contribution in [2.45, 2.75) is 31.6 Å². The summed E-state index contributed by atoms with van der Waals surface area (Å²) in [4.78, 5) is 36.9. The molecule has 0 aromatic heterocycles. The van der Waals surface area contributed by atoms with Crippen LogP contribution in [0.15, 0.2) is 91.0 Å². The number of carbonyl (C=O) groups is 3. The molecule has 3 aromatic carbocycles. The number of rotatable bonds is 10. The van der Waals surface area contributed by atoms with Crippen LogP contribution in [0.4, 0.5) is 0 Å².